The summed E-state index contributed by atoms with van der Waals surface area (Å²) in [5.41, 5.74) is 4.16. The van der Waals surface area contributed by atoms with Crippen molar-refractivity contribution in [2.45, 2.75) is 121 Å². The number of hydrogen-bond donors (Lipinski definition) is 3. The van der Waals surface area contributed by atoms with E-state index in [9.17, 15) is 18.9 Å². The molecule has 3 aromatic rings. The zero-order valence-electron chi connectivity index (χ0n) is 28.4. The molecule has 1 aliphatic heterocycles. The number of halogens is 1. The lowest BCUT2D eigenvalue weighted by Crippen LogP contribution is -2.44. The summed E-state index contributed by atoms with van der Waals surface area (Å²) in [7, 11) is -4.37. The Balaban J connectivity index is 1.49. The molecule has 1 aromatic carbocycles. The lowest BCUT2D eigenvalue weighted by molar-refractivity contribution is -0.151. The number of imidazole rings is 1. The van der Waals surface area contributed by atoms with Gasteiger partial charge in [0.25, 0.3) is 0 Å². The van der Waals surface area contributed by atoms with Crippen molar-refractivity contribution in [3.05, 3.63) is 42.7 Å². The molecule has 0 saturated carbocycles. The third kappa shape index (κ3) is 10.2. The Morgan fingerprint density at radius 2 is 1.86 bits per heavy atom. The molecule has 1 saturated heterocycles. The molecule has 4 rings (SSSR count). The second kappa shape index (κ2) is 17.9. The molecule has 1 aliphatic rings. The molecule has 2 unspecified atom stereocenters. The number of esters is 1. The third-order valence-electron chi connectivity index (χ3n) is 8.45. The van der Waals surface area contributed by atoms with E-state index in [1.807, 2.05) is 0 Å². The van der Waals surface area contributed by atoms with Crippen molar-refractivity contribution in [2.75, 3.05) is 12.3 Å². The number of nitrogen functional groups attached to an aromatic ring is 1. The van der Waals surface area contributed by atoms with Gasteiger partial charge in [-0.25, -0.2) is 9.55 Å². The van der Waals surface area contributed by atoms with Gasteiger partial charge in [-0.2, -0.15) is 19.4 Å². The number of nitrogens with two attached hydrogens (primary N) is 1. The number of unbranched alkanes of at least 4 members (excludes halogenated alkanes) is 6. The first-order valence-corrected chi connectivity index (χ1v) is 18.5. The Labute approximate surface area is 287 Å². The summed E-state index contributed by atoms with van der Waals surface area (Å²) in [4.78, 5) is 24.7. The average molecular weight is 703 g/mol. The molecule has 15 heteroatoms. The first-order chi connectivity index (χ1) is 23.5. The maximum Gasteiger partial charge on any atom is 0.459 e. The number of terminal acetylenes is 1. The van der Waals surface area contributed by atoms with Crippen molar-refractivity contribution in [3.8, 4) is 18.1 Å². The van der Waals surface area contributed by atoms with E-state index < -0.39 is 50.4 Å². The van der Waals surface area contributed by atoms with Gasteiger partial charge in [-0.05, 0) is 44.7 Å². The molecule has 4 N–H and O–H groups in total. The van der Waals surface area contributed by atoms with Crippen LogP contribution in [0, 0.1) is 18.4 Å². The van der Waals surface area contributed by atoms with Crippen LogP contribution in [0.2, 0.25) is 0 Å². The SMILES string of the molecule is C#C[C@]1(COP(=O)(NC(C)C(=O)OC(CCCCCC)CCCCCC)Oc2ccccc2)O[C@@H](n2cnc3c(N)nc(F)nc32)C[C@@H]1O. The second-order valence-electron chi connectivity index (χ2n) is 12.3. The summed E-state index contributed by atoms with van der Waals surface area (Å²) in [5, 5.41) is 13.8. The number of carbonyl (C=O) groups excluding carboxylic acids is 1. The molecule has 3 heterocycles. The lowest BCUT2D eigenvalue weighted by atomic mass is 9.99. The Hall–Kier alpha value is -3.60. The predicted octanol–water partition coefficient (Wildman–Crippen LogP) is 6.23. The molecular weight excluding hydrogens is 654 g/mol. The molecule has 0 spiro atoms. The normalized spacial score (nSPS) is 21.0. The number of ether oxygens (including phenoxy) is 2. The Kier molecular flexibility index (Phi) is 13.9. The standard InChI is InChI=1S/C34H48FN6O7P/c1-5-8-10-13-17-25(18-14-11-9-6-2)46-32(43)24(4)40-49(44,48-26-19-15-12-16-20-26)45-22-34(7-3)27(42)21-28(47-34)41-23-37-29-30(36)38-33(35)39-31(29)41/h3,12,15-16,19-20,23-25,27-28,42H,5-6,8-11,13-14,17-18,21-22H2,1-2,4H3,(H,40,44)(H2,36,38,39)/t24?,27-,28+,34+,49?/m0/s1. The molecule has 0 aliphatic carbocycles. The zero-order valence-corrected chi connectivity index (χ0v) is 29.3. The third-order valence-corrected chi connectivity index (χ3v) is 10.1. The van der Waals surface area contributed by atoms with Crippen molar-refractivity contribution in [2.24, 2.45) is 0 Å². The number of rotatable bonds is 20. The van der Waals surface area contributed by atoms with Gasteiger partial charge < -0.3 is 24.8 Å². The topological polar surface area (TPSA) is 173 Å². The first-order valence-electron chi connectivity index (χ1n) is 17.0. The van der Waals surface area contributed by atoms with Crippen LogP contribution in [0.25, 0.3) is 11.2 Å². The number of carbonyl (C=O) groups is 1. The van der Waals surface area contributed by atoms with Crippen LogP contribution in [0.3, 0.4) is 0 Å². The van der Waals surface area contributed by atoms with E-state index in [-0.39, 0.29) is 35.3 Å². The van der Waals surface area contributed by atoms with Gasteiger partial charge in [0, 0.05) is 6.42 Å². The van der Waals surface area contributed by atoms with E-state index in [2.05, 4.69) is 39.8 Å². The molecular formula is C34H48FN6O7P. The van der Waals surface area contributed by atoms with E-state index in [1.54, 1.807) is 30.3 Å². The van der Waals surface area contributed by atoms with E-state index >= 15 is 0 Å². The summed E-state index contributed by atoms with van der Waals surface area (Å²) in [5.74, 6) is 1.87. The number of hydrogen-bond acceptors (Lipinski definition) is 11. The summed E-state index contributed by atoms with van der Waals surface area (Å²) >= 11 is 0. The molecule has 13 nitrogen and oxygen atoms in total. The minimum Gasteiger partial charge on any atom is -0.461 e. The molecule has 49 heavy (non-hydrogen) atoms. The average Bonchev–Trinajstić information content (AvgIpc) is 3.65. The lowest BCUT2D eigenvalue weighted by Gasteiger charge is -2.30. The summed E-state index contributed by atoms with van der Waals surface area (Å²) in [6.07, 6.45) is 13.5. The predicted molar refractivity (Wildman–Crippen MR) is 183 cm³/mol. The number of aliphatic hydroxyl groups excluding tert-OH is 1. The zero-order chi connectivity index (χ0) is 35.4. The molecule has 2 aromatic heterocycles. The number of aromatic nitrogens is 4. The maximum atomic E-state index is 14.3. The fourth-order valence-corrected chi connectivity index (χ4v) is 7.17. The van der Waals surface area contributed by atoms with Gasteiger partial charge in [0.15, 0.2) is 22.6 Å². The number of nitrogens with zero attached hydrogens (tertiary/aromatic N) is 4. The van der Waals surface area contributed by atoms with Crippen molar-refractivity contribution in [1.82, 2.24) is 24.6 Å². The van der Waals surface area contributed by atoms with Gasteiger partial charge in [0.05, 0.1) is 6.33 Å². The number of para-hydroxylation sites is 1. The van der Waals surface area contributed by atoms with Crippen LogP contribution in [0.5, 0.6) is 5.75 Å². The fourth-order valence-electron chi connectivity index (χ4n) is 5.65. The van der Waals surface area contributed by atoms with Gasteiger partial charge in [-0.3, -0.25) is 13.9 Å². The van der Waals surface area contributed by atoms with Crippen molar-refractivity contribution in [3.63, 3.8) is 0 Å². The van der Waals surface area contributed by atoms with E-state index in [0.717, 1.165) is 64.2 Å². The number of benzene rings is 1. The van der Waals surface area contributed by atoms with Crippen LogP contribution in [0.4, 0.5) is 10.2 Å². The van der Waals surface area contributed by atoms with Gasteiger partial charge >= 0.3 is 19.8 Å². The summed E-state index contributed by atoms with van der Waals surface area (Å²) < 4.78 is 53.3. The highest BCUT2D eigenvalue weighted by molar-refractivity contribution is 7.52. The fraction of sp³-hybridized carbons (Fsp3) is 0.588. The minimum atomic E-state index is -4.37. The monoisotopic (exact) mass is 702 g/mol. The van der Waals surface area contributed by atoms with Crippen LogP contribution >= 0.6 is 7.75 Å². The molecule has 0 radical (unpaired) electrons. The van der Waals surface area contributed by atoms with Crippen molar-refractivity contribution in [1.29, 1.82) is 0 Å². The molecule has 1 fully saturated rings. The number of fused-ring (bicyclic) bond motifs is 1. The van der Waals surface area contributed by atoms with Gasteiger partial charge in [-0.1, -0.05) is 76.5 Å². The maximum absolute atomic E-state index is 14.3. The molecule has 268 valence electrons. The smallest absolute Gasteiger partial charge is 0.459 e. The van der Waals surface area contributed by atoms with Crippen LogP contribution in [-0.4, -0.2) is 61.1 Å². The van der Waals surface area contributed by atoms with E-state index in [4.69, 9.17) is 30.7 Å². The number of nitrogens with one attached hydrogen (secondary N) is 1. The second-order valence-corrected chi connectivity index (χ2v) is 14.0. The van der Waals surface area contributed by atoms with Gasteiger partial charge in [-0.15, -0.1) is 6.42 Å². The van der Waals surface area contributed by atoms with Crippen LogP contribution in [0.15, 0.2) is 36.7 Å². The summed E-state index contributed by atoms with van der Waals surface area (Å²) in [6, 6.07) is 7.19. The number of aliphatic hydroxyl groups is 1. The van der Waals surface area contributed by atoms with Gasteiger partial charge in [0.2, 0.25) is 0 Å². The minimum absolute atomic E-state index is 0.0389. The highest BCUT2D eigenvalue weighted by atomic mass is 31.2. The largest absolute Gasteiger partial charge is 0.461 e. The van der Waals surface area contributed by atoms with Crippen LogP contribution in [-0.2, 0) is 23.4 Å². The highest BCUT2D eigenvalue weighted by Crippen LogP contribution is 2.48. The highest BCUT2D eigenvalue weighted by Gasteiger charge is 2.50. The van der Waals surface area contributed by atoms with Crippen LogP contribution in [0.1, 0.15) is 97.6 Å². The Morgan fingerprint density at radius 3 is 2.49 bits per heavy atom. The molecule has 0 bridgehead atoms. The Morgan fingerprint density at radius 1 is 1.18 bits per heavy atom. The van der Waals surface area contributed by atoms with Gasteiger partial charge in [0.1, 0.15) is 36.8 Å². The Bertz CT molecular complexity index is 1590. The van der Waals surface area contributed by atoms with Crippen LogP contribution < -0.4 is 15.3 Å². The van der Waals surface area contributed by atoms with E-state index in [1.165, 1.54) is 17.8 Å². The summed E-state index contributed by atoms with van der Waals surface area (Å²) in [6.45, 7) is 5.21. The van der Waals surface area contributed by atoms with Crippen molar-refractivity contribution >= 4 is 30.7 Å². The molecule has 0 amide bonds. The number of anilines is 1. The molecule has 5 atom stereocenters. The first kappa shape index (κ1) is 38.2. The van der Waals surface area contributed by atoms with Crippen molar-refractivity contribution < 1.29 is 37.4 Å². The quantitative estimate of drug-likeness (QED) is 0.0399. The van der Waals surface area contributed by atoms with E-state index in [0.29, 0.717) is 0 Å².